The first-order valence-corrected chi connectivity index (χ1v) is 11.6. The first kappa shape index (κ1) is 21.7. The van der Waals surface area contributed by atoms with E-state index in [9.17, 15) is 0 Å². The Morgan fingerprint density at radius 1 is 0.853 bits per heavy atom. The van der Waals surface area contributed by atoms with Gasteiger partial charge in [-0.1, -0.05) is 36.4 Å². The monoisotopic (exact) mass is 469 g/mol. The maximum atomic E-state index is 5.90. The normalized spacial score (nSPS) is 10.8. The Morgan fingerprint density at radius 2 is 1.65 bits per heavy atom. The molecule has 2 heterocycles. The predicted octanol–water partition coefficient (Wildman–Crippen LogP) is 6.70. The summed E-state index contributed by atoms with van der Waals surface area (Å²) in [5.74, 6) is 2.92. The summed E-state index contributed by atoms with van der Waals surface area (Å²) in [6.45, 7) is 0.531. The fourth-order valence-electron chi connectivity index (χ4n) is 3.70. The molecule has 5 aromatic rings. The minimum atomic E-state index is 0.531. The molecule has 0 radical (unpaired) electrons. The van der Waals surface area contributed by atoms with Crippen molar-refractivity contribution < 1.29 is 14.2 Å². The highest BCUT2D eigenvalue weighted by Gasteiger charge is 2.15. The number of nitrogens with one attached hydrogen (secondary N) is 1. The molecule has 0 unspecified atom stereocenters. The second-order valence-electron chi connectivity index (χ2n) is 7.55. The van der Waals surface area contributed by atoms with Crippen molar-refractivity contribution in [2.45, 2.75) is 6.61 Å². The lowest BCUT2D eigenvalue weighted by atomic mass is 10.1. The molecule has 170 valence electrons. The molecule has 0 aliphatic carbocycles. The first-order chi connectivity index (χ1) is 16.7. The molecule has 0 amide bonds. The van der Waals surface area contributed by atoms with Gasteiger partial charge >= 0.3 is 0 Å². The molecule has 0 bridgehead atoms. The third-order valence-corrected chi connectivity index (χ3v) is 6.32. The summed E-state index contributed by atoms with van der Waals surface area (Å²) in [4.78, 5) is 9.90. The van der Waals surface area contributed by atoms with Crippen LogP contribution in [0.5, 0.6) is 17.2 Å². The maximum absolute atomic E-state index is 5.90. The number of ether oxygens (including phenoxy) is 3. The van der Waals surface area contributed by atoms with Gasteiger partial charge in [0.25, 0.3) is 0 Å². The Labute approximate surface area is 201 Å². The van der Waals surface area contributed by atoms with E-state index in [-0.39, 0.29) is 0 Å². The van der Waals surface area contributed by atoms with E-state index in [0.29, 0.717) is 18.1 Å². The molecule has 0 aliphatic heterocycles. The van der Waals surface area contributed by atoms with E-state index in [1.54, 1.807) is 31.9 Å². The van der Waals surface area contributed by atoms with Crippen LogP contribution in [0.2, 0.25) is 0 Å². The molecule has 0 spiro atoms. The molecule has 2 aromatic heterocycles. The lowest BCUT2D eigenvalue weighted by Crippen LogP contribution is -1.97. The Balaban J connectivity index is 1.40. The van der Waals surface area contributed by atoms with Crippen molar-refractivity contribution in [2.75, 3.05) is 19.5 Å². The number of rotatable bonds is 8. The maximum Gasteiger partial charge on any atom is 0.161 e. The number of thiophene rings is 1. The summed E-state index contributed by atoms with van der Waals surface area (Å²) in [5.41, 5.74) is 4.09. The molecule has 0 fully saturated rings. The predicted molar refractivity (Wildman–Crippen MR) is 136 cm³/mol. The minimum absolute atomic E-state index is 0.531. The minimum Gasteiger partial charge on any atom is -0.493 e. The van der Waals surface area contributed by atoms with Crippen molar-refractivity contribution >= 4 is 33.1 Å². The van der Waals surface area contributed by atoms with Gasteiger partial charge in [-0.15, -0.1) is 11.3 Å². The van der Waals surface area contributed by atoms with Gasteiger partial charge in [0.05, 0.1) is 19.6 Å². The summed E-state index contributed by atoms with van der Waals surface area (Å²) in [6, 6.07) is 23.9. The standard InChI is InChI=1S/C27H23N3O3S/c1-31-23-13-8-19(14-24(23)32-2)22-16-34-27-25(22)26(28-17-29-27)30-20-9-11-21(12-10-20)33-15-18-6-4-3-5-7-18/h3-14,16-17H,15H2,1-2H3,(H,28,29,30). The van der Waals surface area contributed by atoms with Crippen LogP contribution in [-0.4, -0.2) is 24.2 Å². The zero-order valence-electron chi connectivity index (χ0n) is 18.8. The van der Waals surface area contributed by atoms with E-state index in [1.165, 1.54) is 0 Å². The van der Waals surface area contributed by atoms with E-state index in [0.717, 1.165) is 44.2 Å². The average molecular weight is 470 g/mol. The smallest absolute Gasteiger partial charge is 0.161 e. The van der Waals surface area contributed by atoms with Crippen molar-refractivity contribution in [1.29, 1.82) is 0 Å². The molecule has 1 N–H and O–H groups in total. The fourth-order valence-corrected chi connectivity index (χ4v) is 4.61. The summed E-state index contributed by atoms with van der Waals surface area (Å²) in [6.07, 6.45) is 1.58. The second kappa shape index (κ2) is 9.80. The van der Waals surface area contributed by atoms with Crippen molar-refractivity contribution in [2.24, 2.45) is 0 Å². The van der Waals surface area contributed by atoms with Crippen molar-refractivity contribution in [3.05, 3.63) is 90.1 Å². The molecule has 0 saturated carbocycles. The molecule has 0 aliphatic rings. The van der Waals surface area contributed by atoms with E-state index < -0.39 is 0 Å². The van der Waals surface area contributed by atoms with Crippen LogP contribution < -0.4 is 19.5 Å². The van der Waals surface area contributed by atoms with Gasteiger partial charge in [-0.25, -0.2) is 9.97 Å². The van der Waals surface area contributed by atoms with E-state index in [1.807, 2.05) is 72.8 Å². The van der Waals surface area contributed by atoms with Gasteiger partial charge in [0.15, 0.2) is 11.5 Å². The number of aromatic nitrogens is 2. The number of anilines is 2. The highest BCUT2D eigenvalue weighted by Crippen LogP contribution is 2.40. The van der Waals surface area contributed by atoms with Crippen molar-refractivity contribution in [1.82, 2.24) is 9.97 Å². The first-order valence-electron chi connectivity index (χ1n) is 10.7. The molecule has 0 saturated heterocycles. The topological polar surface area (TPSA) is 65.5 Å². The third kappa shape index (κ3) is 4.51. The highest BCUT2D eigenvalue weighted by molar-refractivity contribution is 7.17. The van der Waals surface area contributed by atoms with Crippen LogP contribution in [0.15, 0.2) is 84.5 Å². The second-order valence-corrected chi connectivity index (χ2v) is 8.40. The molecule has 34 heavy (non-hydrogen) atoms. The number of hydrogen-bond acceptors (Lipinski definition) is 7. The Hall–Kier alpha value is -4.10. The number of methoxy groups -OCH3 is 2. The average Bonchev–Trinajstić information content (AvgIpc) is 3.34. The van der Waals surface area contributed by atoms with E-state index >= 15 is 0 Å². The lowest BCUT2D eigenvalue weighted by molar-refractivity contribution is 0.306. The largest absolute Gasteiger partial charge is 0.493 e. The number of benzene rings is 3. The Kier molecular flexibility index (Phi) is 6.27. The summed E-state index contributed by atoms with van der Waals surface area (Å²) in [5, 5.41) is 6.49. The van der Waals surface area contributed by atoms with Crippen LogP contribution in [0, 0.1) is 0 Å². The molecule has 5 rings (SSSR count). The van der Waals surface area contributed by atoms with E-state index in [4.69, 9.17) is 14.2 Å². The number of hydrogen-bond donors (Lipinski definition) is 1. The SMILES string of the molecule is COc1ccc(-c2csc3ncnc(Nc4ccc(OCc5ccccc5)cc4)c23)cc1OC. The molecule has 0 atom stereocenters. The molecule has 7 heteroatoms. The molecular formula is C27H23N3O3S. The zero-order valence-corrected chi connectivity index (χ0v) is 19.6. The Morgan fingerprint density at radius 3 is 2.41 bits per heavy atom. The van der Waals surface area contributed by atoms with Gasteiger partial charge < -0.3 is 19.5 Å². The van der Waals surface area contributed by atoms with Crippen molar-refractivity contribution in [3.8, 4) is 28.4 Å². The zero-order chi connectivity index (χ0) is 23.3. The highest BCUT2D eigenvalue weighted by atomic mass is 32.1. The molecule has 6 nitrogen and oxygen atoms in total. The quantitative estimate of drug-likeness (QED) is 0.273. The number of fused-ring (bicyclic) bond motifs is 1. The van der Waals surface area contributed by atoms with Gasteiger partial charge in [-0.05, 0) is 47.5 Å². The summed E-state index contributed by atoms with van der Waals surface area (Å²) in [7, 11) is 3.27. The van der Waals surface area contributed by atoms with Gasteiger partial charge in [0.1, 0.15) is 29.3 Å². The van der Waals surface area contributed by atoms with Crippen LogP contribution in [-0.2, 0) is 6.61 Å². The number of nitrogens with zero attached hydrogens (tertiary/aromatic N) is 2. The van der Waals surface area contributed by atoms with Crippen LogP contribution in [0.1, 0.15) is 5.56 Å². The lowest BCUT2D eigenvalue weighted by Gasteiger charge is -2.11. The van der Waals surface area contributed by atoms with Gasteiger partial charge in [-0.3, -0.25) is 0 Å². The molecular weight excluding hydrogens is 446 g/mol. The van der Waals surface area contributed by atoms with Crippen LogP contribution >= 0.6 is 11.3 Å². The van der Waals surface area contributed by atoms with Crippen LogP contribution in [0.25, 0.3) is 21.3 Å². The van der Waals surface area contributed by atoms with Crippen LogP contribution in [0.3, 0.4) is 0 Å². The third-order valence-electron chi connectivity index (χ3n) is 5.43. The fraction of sp³-hybridized carbons (Fsp3) is 0.111. The van der Waals surface area contributed by atoms with E-state index in [2.05, 4.69) is 20.7 Å². The Bertz CT molecular complexity index is 1400. The molecule has 3 aromatic carbocycles. The summed E-state index contributed by atoms with van der Waals surface area (Å²) >= 11 is 1.58. The van der Waals surface area contributed by atoms with Gasteiger partial charge in [0, 0.05) is 16.6 Å². The summed E-state index contributed by atoms with van der Waals surface area (Å²) < 4.78 is 16.8. The van der Waals surface area contributed by atoms with Crippen LogP contribution in [0.4, 0.5) is 11.5 Å². The van der Waals surface area contributed by atoms with Gasteiger partial charge in [-0.2, -0.15) is 0 Å². The van der Waals surface area contributed by atoms with Crippen molar-refractivity contribution in [3.63, 3.8) is 0 Å². The van der Waals surface area contributed by atoms with Gasteiger partial charge in [0.2, 0.25) is 0 Å².